The summed E-state index contributed by atoms with van der Waals surface area (Å²) in [5, 5.41) is 12.0. The van der Waals surface area contributed by atoms with Crippen LogP contribution in [-0.4, -0.2) is 18.7 Å². The molecule has 0 radical (unpaired) electrons. The van der Waals surface area contributed by atoms with Crippen LogP contribution in [0.4, 0.5) is 0 Å². The molecule has 0 fully saturated rings. The van der Waals surface area contributed by atoms with Crippen LogP contribution in [0.15, 0.2) is 24.3 Å². The van der Waals surface area contributed by atoms with E-state index in [0.717, 1.165) is 18.5 Å². The molecule has 68 valence electrons. The molecule has 0 aromatic heterocycles. The molecule has 2 nitrogen and oxygen atoms in total. The van der Waals surface area contributed by atoms with Crippen molar-refractivity contribution in [3.8, 4) is 17.6 Å². The van der Waals surface area contributed by atoms with E-state index >= 15 is 0 Å². The molecule has 0 spiro atoms. The molecule has 1 aromatic rings. The summed E-state index contributed by atoms with van der Waals surface area (Å²) < 4.78 is 0. The van der Waals surface area contributed by atoms with E-state index in [1.807, 2.05) is 19.2 Å². The molecule has 0 saturated heterocycles. The maximum Gasteiger partial charge on any atom is 0.115 e. The highest BCUT2D eigenvalue weighted by Gasteiger charge is 1.88. The molecule has 0 bridgehead atoms. The average molecular weight is 175 g/mol. The number of nitrogens with one attached hydrogen (secondary N) is 1. The van der Waals surface area contributed by atoms with Gasteiger partial charge in [-0.05, 0) is 24.7 Å². The normalized spacial score (nSPS) is 9.00. The van der Waals surface area contributed by atoms with Gasteiger partial charge in [-0.3, -0.25) is 0 Å². The molecule has 0 saturated carbocycles. The third kappa shape index (κ3) is 3.64. The fourth-order valence-electron chi connectivity index (χ4n) is 0.929. The molecule has 0 amide bonds. The molecule has 0 aliphatic heterocycles. The molecular formula is C11H13NO. The van der Waals surface area contributed by atoms with E-state index in [-0.39, 0.29) is 0 Å². The van der Waals surface area contributed by atoms with Crippen molar-refractivity contribution < 1.29 is 5.11 Å². The zero-order valence-corrected chi connectivity index (χ0v) is 7.67. The Morgan fingerprint density at radius 2 is 1.92 bits per heavy atom. The lowest BCUT2D eigenvalue weighted by atomic mass is 10.1. The van der Waals surface area contributed by atoms with Gasteiger partial charge in [-0.1, -0.05) is 24.0 Å². The SMILES string of the molecule is CNCC#CCc1ccc(O)cc1. The van der Waals surface area contributed by atoms with Gasteiger partial charge in [0.05, 0.1) is 6.54 Å². The molecule has 2 N–H and O–H groups in total. The number of phenols is 1. The van der Waals surface area contributed by atoms with Gasteiger partial charge in [0.2, 0.25) is 0 Å². The van der Waals surface area contributed by atoms with E-state index in [2.05, 4.69) is 17.2 Å². The van der Waals surface area contributed by atoms with Crippen molar-refractivity contribution in [2.75, 3.05) is 13.6 Å². The van der Waals surface area contributed by atoms with Crippen LogP contribution in [0, 0.1) is 11.8 Å². The molecular weight excluding hydrogens is 162 g/mol. The Morgan fingerprint density at radius 3 is 2.54 bits per heavy atom. The Labute approximate surface area is 78.6 Å². The van der Waals surface area contributed by atoms with E-state index in [9.17, 15) is 0 Å². The predicted molar refractivity (Wildman–Crippen MR) is 53.5 cm³/mol. The summed E-state index contributed by atoms with van der Waals surface area (Å²) in [5.74, 6) is 6.30. The second-order valence-electron chi connectivity index (χ2n) is 2.73. The van der Waals surface area contributed by atoms with Crippen LogP contribution in [0.2, 0.25) is 0 Å². The molecule has 0 unspecified atom stereocenters. The van der Waals surface area contributed by atoms with Gasteiger partial charge in [0.1, 0.15) is 5.75 Å². The number of rotatable bonds is 2. The summed E-state index contributed by atoms with van der Waals surface area (Å²) in [6.45, 7) is 0.720. The van der Waals surface area contributed by atoms with E-state index < -0.39 is 0 Å². The van der Waals surface area contributed by atoms with Gasteiger partial charge < -0.3 is 10.4 Å². The Morgan fingerprint density at radius 1 is 1.23 bits per heavy atom. The van der Waals surface area contributed by atoms with Gasteiger partial charge in [-0.15, -0.1) is 0 Å². The largest absolute Gasteiger partial charge is 0.508 e. The first kappa shape index (κ1) is 9.63. The number of aromatic hydroxyl groups is 1. The van der Waals surface area contributed by atoms with Gasteiger partial charge in [0.15, 0.2) is 0 Å². The lowest BCUT2D eigenvalue weighted by Crippen LogP contribution is -2.04. The lowest BCUT2D eigenvalue weighted by molar-refractivity contribution is 0.475. The molecule has 1 aromatic carbocycles. The summed E-state index contributed by atoms with van der Waals surface area (Å²) in [6.07, 6.45) is 0.738. The minimum atomic E-state index is 0.298. The Hall–Kier alpha value is -1.46. The summed E-state index contributed by atoms with van der Waals surface area (Å²) >= 11 is 0. The molecule has 1 rings (SSSR count). The van der Waals surface area contributed by atoms with Crippen LogP contribution >= 0.6 is 0 Å². The maximum atomic E-state index is 9.02. The van der Waals surface area contributed by atoms with Crippen molar-refractivity contribution >= 4 is 0 Å². The number of phenolic OH excluding ortho intramolecular Hbond substituents is 1. The molecule has 2 heteroatoms. The summed E-state index contributed by atoms with van der Waals surface area (Å²) in [7, 11) is 1.87. The van der Waals surface area contributed by atoms with Crippen molar-refractivity contribution in [1.82, 2.24) is 5.32 Å². The molecule has 0 atom stereocenters. The zero-order chi connectivity index (χ0) is 9.52. The standard InChI is InChI=1S/C11H13NO/c1-12-9-3-2-4-10-5-7-11(13)8-6-10/h5-8,12-13H,4,9H2,1H3. The van der Waals surface area contributed by atoms with Crippen LogP contribution in [0.1, 0.15) is 5.56 Å². The first-order valence-electron chi connectivity index (χ1n) is 4.21. The topological polar surface area (TPSA) is 32.3 Å². The molecule has 0 aliphatic carbocycles. The van der Waals surface area contributed by atoms with Crippen LogP contribution in [0.3, 0.4) is 0 Å². The van der Waals surface area contributed by atoms with E-state index in [1.54, 1.807) is 12.1 Å². The monoisotopic (exact) mass is 175 g/mol. The van der Waals surface area contributed by atoms with Gasteiger partial charge in [0.25, 0.3) is 0 Å². The van der Waals surface area contributed by atoms with Gasteiger partial charge in [-0.25, -0.2) is 0 Å². The predicted octanol–water partition coefficient (Wildman–Crippen LogP) is 1.16. The summed E-state index contributed by atoms with van der Waals surface area (Å²) in [5.41, 5.74) is 1.13. The first-order chi connectivity index (χ1) is 6.33. The fourth-order valence-corrected chi connectivity index (χ4v) is 0.929. The summed E-state index contributed by atoms with van der Waals surface area (Å²) in [6, 6.07) is 7.11. The smallest absolute Gasteiger partial charge is 0.115 e. The van der Waals surface area contributed by atoms with Crippen molar-refractivity contribution in [3.05, 3.63) is 29.8 Å². The van der Waals surface area contributed by atoms with Crippen LogP contribution in [0.25, 0.3) is 0 Å². The van der Waals surface area contributed by atoms with Crippen LogP contribution < -0.4 is 5.32 Å². The second kappa shape index (κ2) is 5.23. The van der Waals surface area contributed by atoms with Crippen LogP contribution in [0.5, 0.6) is 5.75 Å². The third-order valence-corrected chi connectivity index (χ3v) is 1.62. The van der Waals surface area contributed by atoms with Crippen molar-refractivity contribution in [3.63, 3.8) is 0 Å². The first-order valence-corrected chi connectivity index (χ1v) is 4.21. The molecule has 0 heterocycles. The number of hydrogen-bond acceptors (Lipinski definition) is 2. The van der Waals surface area contributed by atoms with E-state index in [1.165, 1.54) is 0 Å². The highest BCUT2D eigenvalue weighted by molar-refractivity contribution is 5.28. The van der Waals surface area contributed by atoms with Crippen molar-refractivity contribution in [1.29, 1.82) is 0 Å². The molecule has 0 aliphatic rings. The molecule has 13 heavy (non-hydrogen) atoms. The Bertz CT molecular complexity index is 305. The lowest BCUT2D eigenvalue weighted by Gasteiger charge is -1.94. The van der Waals surface area contributed by atoms with Gasteiger partial charge >= 0.3 is 0 Å². The van der Waals surface area contributed by atoms with Gasteiger partial charge in [-0.2, -0.15) is 0 Å². The van der Waals surface area contributed by atoms with Crippen molar-refractivity contribution in [2.45, 2.75) is 6.42 Å². The van der Waals surface area contributed by atoms with Crippen LogP contribution in [-0.2, 0) is 6.42 Å². The average Bonchev–Trinajstić information content (AvgIpc) is 2.15. The minimum Gasteiger partial charge on any atom is -0.508 e. The maximum absolute atomic E-state index is 9.02. The van der Waals surface area contributed by atoms with Crippen molar-refractivity contribution in [2.24, 2.45) is 0 Å². The fraction of sp³-hybridized carbons (Fsp3) is 0.273. The summed E-state index contributed by atoms with van der Waals surface area (Å²) in [4.78, 5) is 0. The zero-order valence-electron chi connectivity index (χ0n) is 7.67. The highest BCUT2D eigenvalue weighted by Crippen LogP contribution is 2.09. The Kier molecular flexibility index (Phi) is 3.87. The number of hydrogen-bond donors (Lipinski definition) is 2. The second-order valence-corrected chi connectivity index (χ2v) is 2.73. The number of benzene rings is 1. The van der Waals surface area contributed by atoms with E-state index in [0.29, 0.717) is 5.75 Å². The quantitative estimate of drug-likeness (QED) is 0.661. The Balaban J connectivity index is 2.47. The van der Waals surface area contributed by atoms with Gasteiger partial charge in [0, 0.05) is 6.42 Å². The third-order valence-electron chi connectivity index (χ3n) is 1.62. The van der Waals surface area contributed by atoms with E-state index in [4.69, 9.17) is 5.11 Å². The highest BCUT2D eigenvalue weighted by atomic mass is 16.3. The minimum absolute atomic E-state index is 0.298.